The molecule has 4 heteroatoms. The zero-order valence-corrected chi connectivity index (χ0v) is 10.9. The molecule has 2 rings (SSSR count). The molecule has 1 unspecified atom stereocenters. The van der Waals surface area contributed by atoms with Gasteiger partial charge in [-0.1, -0.05) is 12.1 Å². The summed E-state index contributed by atoms with van der Waals surface area (Å²) >= 11 is 3.52. The van der Waals surface area contributed by atoms with Gasteiger partial charge >= 0.3 is 0 Å². The fraction of sp³-hybridized carbons (Fsp3) is 0.500. The first-order chi connectivity index (χ1) is 7.64. The zero-order valence-electron chi connectivity index (χ0n) is 9.29. The van der Waals surface area contributed by atoms with E-state index >= 15 is 0 Å². The fourth-order valence-corrected chi connectivity index (χ4v) is 2.65. The third-order valence-electron chi connectivity index (χ3n) is 3.00. The molecule has 0 radical (unpaired) electrons. The molecular formula is C12H16BrNO2. The van der Waals surface area contributed by atoms with E-state index in [2.05, 4.69) is 21.2 Å². The van der Waals surface area contributed by atoms with E-state index in [1.807, 2.05) is 18.2 Å². The van der Waals surface area contributed by atoms with Gasteiger partial charge in [0.1, 0.15) is 5.75 Å². The summed E-state index contributed by atoms with van der Waals surface area (Å²) in [6, 6.07) is 5.87. The minimum atomic E-state index is -0.616. The minimum Gasteiger partial charge on any atom is -0.496 e. The lowest BCUT2D eigenvalue weighted by atomic mass is 9.94. The third-order valence-corrected chi connectivity index (χ3v) is 3.90. The summed E-state index contributed by atoms with van der Waals surface area (Å²) in [5, 5.41) is 13.5. The molecule has 2 N–H and O–H groups in total. The van der Waals surface area contributed by atoms with E-state index in [1.54, 1.807) is 7.11 Å². The van der Waals surface area contributed by atoms with Crippen molar-refractivity contribution in [3.63, 3.8) is 0 Å². The van der Waals surface area contributed by atoms with Gasteiger partial charge in [0.2, 0.25) is 0 Å². The SMILES string of the molecule is COc1cccc(CC2(O)CCNC2)c1Br. The van der Waals surface area contributed by atoms with Crippen LogP contribution in [0.3, 0.4) is 0 Å². The molecule has 1 atom stereocenters. The van der Waals surface area contributed by atoms with Gasteiger partial charge in [-0.25, -0.2) is 0 Å². The molecule has 1 aliphatic heterocycles. The van der Waals surface area contributed by atoms with Crippen LogP contribution in [0, 0.1) is 0 Å². The highest BCUT2D eigenvalue weighted by Gasteiger charge is 2.31. The number of rotatable bonds is 3. The molecule has 16 heavy (non-hydrogen) atoms. The maximum absolute atomic E-state index is 10.3. The van der Waals surface area contributed by atoms with Gasteiger partial charge in [0.15, 0.2) is 0 Å². The summed E-state index contributed by atoms with van der Waals surface area (Å²) in [7, 11) is 1.65. The molecule has 0 bridgehead atoms. The number of benzene rings is 1. The summed E-state index contributed by atoms with van der Waals surface area (Å²) in [5.41, 5.74) is 0.472. The van der Waals surface area contributed by atoms with Crippen molar-refractivity contribution in [2.45, 2.75) is 18.4 Å². The molecule has 88 valence electrons. The van der Waals surface area contributed by atoms with E-state index in [1.165, 1.54) is 0 Å². The number of hydrogen-bond acceptors (Lipinski definition) is 3. The standard InChI is InChI=1S/C12H16BrNO2/c1-16-10-4-2-3-9(11(10)13)7-12(15)5-6-14-8-12/h2-4,14-15H,5-8H2,1H3. The predicted molar refractivity (Wildman–Crippen MR) is 66.8 cm³/mol. The van der Waals surface area contributed by atoms with E-state index in [-0.39, 0.29) is 0 Å². The number of methoxy groups -OCH3 is 1. The Morgan fingerprint density at radius 3 is 3.00 bits per heavy atom. The Labute approximate surface area is 104 Å². The van der Waals surface area contributed by atoms with E-state index in [4.69, 9.17) is 4.74 Å². The van der Waals surface area contributed by atoms with Gasteiger partial charge in [-0.05, 0) is 40.5 Å². The van der Waals surface area contributed by atoms with Crippen molar-refractivity contribution in [3.05, 3.63) is 28.2 Å². The summed E-state index contributed by atoms with van der Waals surface area (Å²) in [4.78, 5) is 0. The van der Waals surface area contributed by atoms with Crippen molar-refractivity contribution >= 4 is 15.9 Å². The Hall–Kier alpha value is -0.580. The van der Waals surface area contributed by atoms with Crippen molar-refractivity contribution in [3.8, 4) is 5.75 Å². The van der Waals surface area contributed by atoms with Crippen LogP contribution in [-0.4, -0.2) is 30.9 Å². The van der Waals surface area contributed by atoms with Crippen LogP contribution in [0.15, 0.2) is 22.7 Å². The maximum Gasteiger partial charge on any atom is 0.133 e. The van der Waals surface area contributed by atoms with Crippen LogP contribution in [0.1, 0.15) is 12.0 Å². The van der Waals surface area contributed by atoms with Crippen LogP contribution in [0.2, 0.25) is 0 Å². The summed E-state index contributed by atoms with van der Waals surface area (Å²) in [6.45, 7) is 1.55. The van der Waals surface area contributed by atoms with Crippen LogP contribution in [0.25, 0.3) is 0 Å². The Balaban J connectivity index is 2.21. The molecule has 0 aromatic heterocycles. The number of hydrogen-bond donors (Lipinski definition) is 2. The van der Waals surface area contributed by atoms with E-state index in [0.717, 1.165) is 28.8 Å². The van der Waals surface area contributed by atoms with Crippen LogP contribution < -0.4 is 10.1 Å². The molecule has 1 heterocycles. The van der Waals surface area contributed by atoms with Gasteiger partial charge in [0.25, 0.3) is 0 Å². The van der Waals surface area contributed by atoms with Crippen molar-refractivity contribution < 1.29 is 9.84 Å². The largest absolute Gasteiger partial charge is 0.496 e. The normalized spacial score (nSPS) is 24.7. The molecule has 0 spiro atoms. The van der Waals surface area contributed by atoms with E-state index < -0.39 is 5.60 Å². The van der Waals surface area contributed by atoms with Gasteiger partial charge < -0.3 is 15.2 Å². The first kappa shape index (κ1) is 11.9. The lowest BCUT2D eigenvalue weighted by molar-refractivity contribution is 0.0617. The smallest absolute Gasteiger partial charge is 0.133 e. The predicted octanol–water partition coefficient (Wildman–Crippen LogP) is 1.72. The first-order valence-corrected chi connectivity index (χ1v) is 6.18. The molecule has 0 aliphatic carbocycles. The summed E-state index contributed by atoms with van der Waals surface area (Å²) in [5.74, 6) is 0.812. The molecule has 0 amide bonds. The quantitative estimate of drug-likeness (QED) is 0.889. The number of β-amino-alcohol motifs (C(OH)–C–C–N with tert-alkyl or cyclic N) is 1. The topological polar surface area (TPSA) is 41.5 Å². The first-order valence-electron chi connectivity index (χ1n) is 5.39. The lowest BCUT2D eigenvalue weighted by Gasteiger charge is -2.22. The Bertz CT molecular complexity index is 375. The fourth-order valence-electron chi connectivity index (χ4n) is 2.09. The lowest BCUT2D eigenvalue weighted by Crippen LogP contribution is -2.33. The third kappa shape index (κ3) is 2.39. The van der Waals surface area contributed by atoms with Crippen molar-refractivity contribution in [2.24, 2.45) is 0 Å². The minimum absolute atomic E-state index is 0.616. The zero-order chi connectivity index (χ0) is 11.6. The van der Waals surface area contributed by atoms with Gasteiger partial charge in [-0.2, -0.15) is 0 Å². The van der Waals surface area contributed by atoms with E-state index in [0.29, 0.717) is 13.0 Å². The molecule has 1 saturated heterocycles. The van der Waals surface area contributed by atoms with E-state index in [9.17, 15) is 5.11 Å². The molecule has 1 fully saturated rings. The van der Waals surface area contributed by atoms with Crippen LogP contribution in [0.5, 0.6) is 5.75 Å². The maximum atomic E-state index is 10.3. The van der Waals surface area contributed by atoms with Crippen LogP contribution in [-0.2, 0) is 6.42 Å². The number of ether oxygens (including phenoxy) is 1. The monoisotopic (exact) mass is 285 g/mol. The number of aliphatic hydroxyl groups is 1. The summed E-state index contributed by atoms with van der Waals surface area (Å²) in [6.07, 6.45) is 1.45. The highest BCUT2D eigenvalue weighted by Crippen LogP contribution is 2.32. The highest BCUT2D eigenvalue weighted by atomic mass is 79.9. The highest BCUT2D eigenvalue weighted by molar-refractivity contribution is 9.10. The molecule has 1 aromatic carbocycles. The summed E-state index contributed by atoms with van der Waals surface area (Å²) < 4.78 is 6.18. The molecular weight excluding hydrogens is 270 g/mol. The van der Waals surface area contributed by atoms with Gasteiger partial charge in [-0.3, -0.25) is 0 Å². The second-order valence-corrected chi connectivity index (χ2v) is 5.05. The van der Waals surface area contributed by atoms with Gasteiger partial charge in [0, 0.05) is 13.0 Å². The van der Waals surface area contributed by atoms with Gasteiger partial charge in [0.05, 0.1) is 17.2 Å². The van der Waals surface area contributed by atoms with Crippen molar-refractivity contribution in [2.75, 3.05) is 20.2 Å². The van der Waals surface area contributed by atoms with Gasteiger partial charge in [-0.15, -0.1) is 0 Å². The second-order valence-electron chi connectivity index (χ2n) is 4.26. The molecule has 0 saturated carbocycles. The molecule has 1 aliphatic rings. The Morgan fingerprint density at radius 1 is 1.56 bits per heavy atom. The molecule has 1 aromatic rings. The average Bonchev–Trinajstić information content (AvgIpc) is 2.68. The Kier molecular flexibility index (Phi) is 3.52. The van der Waals surface area contributed by atoms with Crippen molar-refractivity contribution in [1.82, 2.24) is 5.32 Å². The Morgan fingerprint density at radius 2 is 2.38 bits per heavy atom. The molecule has 3 nitrogen and oxygen atoms in total. The number of nitrogens with one attached hydrogen (secondary N) is 1. The number of halogens is 1. The van der Waals surface area contributed by atoms with Crippen LogP contribution in [0.4, 0.5) is 0 Å². The second kappa shape index (κ2) is 4.73. The van der Waals surface area contributed by atoms with Crippen molar-refractivity contribution in [1.29, 1.82) is 0 Å². The average molecular weight is 286 g/mol. The van der Waals surface area contributed by atoms with Crippen LogP contribution >= 0.6 is 15.9 Å².